The second-order valence-electron chi connectivity index (χ2n) is 5.10. The molecule has 0 spiro atoms. The lowest BCUT2D eigenvalue weighted by Crippen LogP contribution is -2.46. The Hall–Kier alpha value is -1.14. The van der Waals surface area contributed by atoms with Crippen molar-refractivity contribution in [3.05, 3.63) is 0 Å². The van der Waals surface area contributed by atoms with Gasteiger partial charge in [0.15, 0.2) is 0 Å². The van der Waals surface area contributed by atoms with Gasteiger partial charge in [-0.3, -0.25) is 9.59 Å². The molecule has 0 radical (unpaired) electrons. The molecule has 19 heavy (non-hydrogen) atoms. The summed E-state index contributed by atoms with van der Waals surface area (Å²) in [5, 5.41) is 6.23. The zero-order chi connectivity index (χ0) is 13.5. The van der Waals surface area contributed by atoms with Gasteiger partial charge in [-0.2, -0.15) is 0 Å². The Bertz CT molecular complexity index is 310. The number of rotatable bonds is 4. The van der Waals surface area contributed by atoms with E-state index in [4.69, 9.17) is 4.74 Å². The maximum absolute atomic E-state index is 11.9. The number of amides is 2. The predicted octanol–water partition coefficient (Wildman–Crippen LogP) is -0.506. The highest BCUT2D eigenvalue weighted by molar-refractivity contribution is 5.84. The number of hydrogen-bond donors (Lipinski definition) is 2. The molecule has 0 saturated carbocycles. The molecule has 0 aromatic heterocycles. The van der Waals surface area contributed by atoms with Crippen LogP contribution in [0.1, 0.15) is 25.7 Å². The Morgan fingerprint density at radius 2 is 2.05 bits per heavy atom. The molecule has 2 heterocycles. The van der Waals surface area contributed by atoms with Gasteiger partial charge < -0.3 is 20.3 Å². The summed E-state index contributed by atoms with van der Waals surface area (Å²) in [5.74, 6) is 0.0375. The molecule has 2 amide bonds. The molecule has 6 nitrogen and oxygen atoms in total. The first-order chi connectivity index (χ1) is 9.25. The van der Waals surface area contributed by atoms with E-state index in [1.165, 1.54) is 0 Å². The summed E-state index contributed by atoms with van der Waals surface area (Å²) in [6, 6.07) is 0.222. The van der Waals surface area contributed by atoms with Crippen LogP contribution in [0, 0.1) is 0 Å². The van der Waals surface area contributed by atoms with Gasteiger partial charge >= 0.3 is 0 Å². The van der Waals surface area contributed by atoms with Gasteiger partial charge in [0.1, 0.15) is 0 Å². The van der Waals surface area contributed by atoms with E-state index in [1.54, 1.807) is 4.90 Å². The third kappa shape index (κ3) is 4.80. The number of carbonyl (C=O) groups excluding carboxylic acids is 2. The molecule has 2 aliphatic heterocycles. The van der Waals surface area contributed by atoms with Crippen LogP contribution >= 0.6 is 0 Å². The maximum atomic E-state index is 11.9. The van der Waals surface area contributed by atoms with Gasteiger partial charge in [-0.15, -0.1) is 0 Å². The fraction of sp³-hybridized carbons (Fsp3) is 0.846. The summed E-state index contributed by atoms with van der Waals surface area (Å²) in [4.78, 5) is 25.4. The maximum Gasteiger partial charge on any atom is 0.223 e. The number of piperidine rings is 1. The summed E-state index contributed by atoms with van der Waals surface area (Å²) in [6.07, 6.45) is 2.70. The smallest absolute Gasteiger partial charge is 0.223 e. The Labute approximate surface area is 113 Å². The van der Waals surface area contributed by atoms with Gasteiger partial charge in [0.25, 0.3) is 0 Å². The van der Waals surface area contributed by atoms with Gasteiger partial charge in [0.05, 0.1) is 13.2 Å². The molecule has 2 saturated heterocycles. The van der Waals surface area contributed by atoms with E-state index in [2.05, 4.69) is 10.6 Å². The lowest BCUT2D eigenvalue weighted by Gasteiger charge is -2.27. The molecule has 2 rings (SSSR count). The van der Waals surface area contributed by atoms with Crippen molar-refractivity contribution in [3.8, 4) is 0 Å². The van der Waals surface area contributed by atoms with Gasteiger partial charge in [0.2, 0.25) is 11.8 Å². The van der Waals surface area contributed by atoms with Gasteiger partial charge in [-0.25, -0.2) is 0 Å². The van der Waals surface area contributed by atoms with Gasteiger partial charge in [0, 0.05) is 38.5 Å². The van der Waals surface area contributed by atoms with Crippen molar-refractivity contribution in [2.75, 3.05) is 39.4 Å². The number of nitrogens with one attached hydrogen (secondary N) is 2. The molecule has 6 heteroatoms. The molecule has 0 aromatic rings. The number of morpholine rings is 1. The third-order valence-electron chi connectivity index (χ3n) is 3.59. The topological polar surface area (TPSA) is 70.7 Å². The number of nitrogens with zero attached hydrogens (tertiary/aromatic N) is 1. The van der Waals surface area contributed by atoms with E-state index in [-0.39, 0.29) is 24.3 Å². The average Bonchev–Trinajstić information content (AvgIpc) is 2.47. The SMILES string of the molecule is O=C(CCC(=O)N1CCOCC1)NC1CCCNC1. The van der Waals surface area contributed by atoms with E-state index in [0.717, 1.165) is 25.9 Å². The summed E-state index contributed by atoms with van der Waals surface area (Å²) >= 11 is 0. The van der Waals surface area contributed by atoms with Crippen LogP contribution in [-0.2, 0) is 14.3 Å². The van der Waals surface area contributed by atoms with Crippen molar-refractivity contribution in [2.24, 2.45) is 0 Å². The zero-order valence-corrected chi connectivity index (χ0v) is 11.3. The molecular weight excluding hydrogens is 246 g/mol. The third-order valence-corrected chi connectivity index (χ3v) is 3.59. The van der Waals surface area contributed by atoms with Crippen LogP contribution in [0.5, 0.6) is 0 Å². The van der Waals surface area contributed by atoms with Crippen LogP contribution < -0.4 is 10.6 Å². The fourth-order valence-electron chi connectivity index (χ4n) is 2.47. The van der Waals surface area contributed by atoms with Gasteiger partial charge in [-0.1, -0.05) is 0 Å². The molecule has 2 aliphatic rings. The fourth-order valence-corrected chi connectivity index (χ4v) is 2.47. The number of hydrogen-bond acceptors (Lipinski definition) is 4. The predicted molar refractivity (Wildman–Crippen MR) is 70.7 cm³/mol. The molecule has 1 atom stereocenters. The van der Waals surface area contributed by atoms with E-state index in [9.17, 15) is 9.59 Å². The minimum Gasteiger partial charge on any atom is -0.378 e. The minimum atomic E-state index is -0.0182. The van der Waals surface area contributed by atoms with Crippen molar-refractivity contribution >= 4 is 11.8 Å². The van der Waals surface area contributed by atoms with Crippen LogP contribution in [0.4, 0.5) is 0 Å². The highest BCUT2D eigenvalue weighted by Gasteiger charge is 2.19. The van der Waals surface area contributed by atoms with Crippen LogP contribution in [-0.4, -0.2) is 62.1 Å². The lowest BCUT2D eigenvalue weighted by molar-refractivity contribution is -0.137. The number of ether oxygens (including phenoxy) is 1. The van der Waals surface area contributed by atoms with Crippen LogP contribution in [0.15, 0.2) is 0 Å². The first-order valence-corrected chi connectivity index (χ1v) is 7.11. The number of carbonyl (C=O) groups is 2. The summed E-state index contributed by atoms with van der Waals surface area (Å²) in [5.41, 5.74) is 0. The minimum absolute atomic E-state index is 0.0182. The monoisotopic (exact) mass is 269 g/mol. The van der Waals surface area contributed by atoms with E-state index >= 15 is 0 Å². The summed E-state index contributed by atoms with van der Waals surface area (Å²) in [6.45, 7) is 4.36. The highest BCUT2D eigenvalue weighted by atomic mass is 16.5. The quantitative estimate of drug-likeness (QED) is 0.721. The molecule has 1 unspecified atom stereocenters. The van der Waals surface area contributed by atoms with Crippen LogP contribution in [0.3, 0.4) is 0 Å². The van der Waals surface area contributed by atoms with Crippen LogP contribution in [0.25, 0.3) is 0 Å². The standard InChI is InChI=1S/C13H23N3O3/c17-12(15-11-2-1-5-14-10-11)3-4-13(18)16-6-8-19-9-7-16/h11,14H,1-10H2,(H,15,17). The highest BCUT2D eigenvalue weighted by Crippen LogP contribution is 2.04. The van der Waals surface area contributed by atoms with E-state index in [0.29, 0.717) is 32.7 Å². The normalized spacial score (nSPS) is 24.0. The first-order valence-electron chi connectivity index (χ1n) is 7.11. The van der Waals surface area contributed by atoms with E-state index in [1.807, 2.05) is 0 Å². The summed E-state index contributed by atoms with van der Waals surface area (Å²) in [7, 11) is 0. The molecule has 2 fully saturated rings. The van der Waals surface area contributed by atoms with Crippen molar-refractivity contribution < 1.29 is 14.3 Å². The van der Waals surface area contributed by atoms with Crippen molar-refractivity contribution in [3.63, 3.8) is 0 Å². The lowest BCUT2D eigenvalue weighted by atomic mass is 10.1. The zero-order valence-electron chi connectivity index (χ0n) is 11.3. The second-order valence-corrected chi connectivity index (χ2v) is 5.10. The molecule has 0 bridgehead atoms. The Kier molecular flexibility index (Phi) is 5.60. The second kappa shape index (κ2) is 7.45. The average molecular weight is 269 g/mol. The largest absolute Gasteiger partial charge is 0.378 e. The molecule has 0 aromatic carbocycles. The Morgan fingerprint density at radius 3 is 2.74 bits per heavy atom. The van der Waals surface area contributed by atoms with Gasteiger partial charge in [-0.05, 0) is 19.4 Å². The molecule has 2 N–H and O–H groups in total. The first kappa shape index (κ1) is 14.3. The van der Waals surface area contributed by atoms with Crippen molar-refractivity contribution in [1.29, 1.82) is 0 Å². The van der Waals surface area contributed by atoms with Crippen LogP contribution in [0.2, 0.25) is 0 Å². The van der Waals surface area contributed by atoms with Crippen molar-refractivity contribution in [2.45, 2.75) is 31.7 Å². The molecule has 0 aliphatic carbocycles. The molecular formula is C13H23N3O3. The Balaban J connectivity index is 1.63. The van der Waals surface area contributed by atoms with Crippen molar-refractivity contribution in [1.82, 2.24) is 15.5 Å². The van der Waals surface area contributed by atoms with E-state index < -0.39 is 0 Å². The summed E-state index contributed by atoms with van der Waals surface area (Å²) < 4.78 is 5.20. The Morgan fingerprint density at radius 1 is 1.26 bits per heavy atom. The molecule has 108 valence electrons.